The molecule has 0 aliphatic rings. The zero-order valence-corrected chi connectivity index (χ0v) is 21.8. The minimum Gasteiger partial charge on any atom is -0.497 e. The molecule has 1 atom stereocenters. The molecular formula is C30H35NO6. The van der Waals surface area contributed by atoms with Gasteiger partial charge in [-0.25, -0.2) is 0 Å². The Morgan fingerprint density at radius 3 is 2.32 bits per heavy atom. The van der Waals surface area contributed by atoms with Crippen molar-refractivity contribution in [3.05, 3.63) is 89.0 Å². The molecule has 2 N–H and O–H groups in total. The van der Waals surface area contributed by atoms with Gasteiger partial charge in [-0.05, 0) is 60.2 Å². The summed E-state index contributed by atoms with van der Waals surface area (Å²) >= 11 is 0. The molecule has 0 aliphatic carbocycles. The van der Waals surface area contributed by atoms with Gasteiger partial charge in [0.25, 0.3) is 5.91 Å². The molecule has 0 aromatic heterocycles. The number of nitrogens with one attached hydrogen (secondary N) is 1. The molecule has 0 bridgehead atoms. The van der Waals surface area contributed by atoms with Crippen LogP contribution in [-0.4, -0.2) is 31.2 Å². The first kappa shape index (κ1) is 27.6. The van der Waals surface area contributed by atoms with E-state index < -0.39 is 5.97 Å². The molecule has 7 heteroatoms. The fraction of sp³-hybridized carbons (Fsp3) is 0.333. The third-order valence-electron chi connectivity index (χ3n) is 6.00. The average molecular weight is 506 g/mol. The molecule has 0 saturated heterocycles. The maximum atomic E-state index is 13.7. The molecule has 7 nitrogen and oxygen atoms in total. The summed E-state index contributed by atoms with van der Waals surface area (Å²) < 4.78 is 16.8. The highest BCUT2D eigenvalue weighted by Gasteiger charge is 2.23. The Balaban J connectivity index is 1.91. The Bertz CT molecular complexity index is 1190. The van der Waals surface area contributed by atoms with Crippen LogP contribution in [0.1, 0.15) is 59.8 Å². The van der Waals surface area contributed by atoms with Gasteiger partial charge in [0.05, 0.1) is 20.3 Å². The standard InChI is InChI=1S/C30H35NO6/c1-20(2)16-27(25-14-13-24(35-3)18-28(25)36-4)31-30(34)26-17-21(10-11-22(26)12-15-29(32)33)19-37-23-8-6-5-7-9-23/h5-11,13-14,17-18,20,27H,12,15-16,19H2,1-4H3,(H,31,34)(H,32,33). The predicted octanol–water partition coefficient (Wildman–Crippen LogP) is 5.82. The van der Waals surface area contributed by atoms with E-state index in [1.54, 1.807) is 26.4 Å². The number of rotatable bonds is 13. The summed E-state index contributed by atoms with van der Waals surface area (Å²) in [5, 5.41) is 12.4. The highest BCUT2D eigenvalue weighted by atomic mass is 16.5. The average Bonchev–Trinajstić information content (AvgIpc) is 2.90. The summed E-state index contributed by atoms with van der Waals surface area (Å²) in [5.41, 5.74) is 2.78. The van der Waals surface area contributed by atoms with Gasteiger partial charge in [-0.3, -0.25) is 9.59 Å². The van der Waals surface area contributed by atoms with Crippen LogP contribution >= 0.6 is 0 Å². The van der Waals surface area contributed by atoms with Crippen molar-refractivity contribution in [2.75, 3.05) is 14.2 Å². The van der Waals surface area contributed by atoms with E-state index in [2.05, 4.69) is 19.2 Å². The molecule has 1 unspecified atom stereocenters. The van der Waals surface area contributed by atoms with Gasteiger partial charge in [0.1, 0.15) is 23.9 Å². The summed E-state index contributed by atoms with van der Waals surface area (Å²) in [7, 11) is 3.18. The second-order valence-electron chi connectivity index (χ2n) is 9.25. The topological polar surface area (TPSA) is 94.1 Å². The quantitative estimate of drug-likeness (QED) is 0.304. The first-order chi connectivity index (χ1) is 17.8. The summed E-state index contributed by atoms with van der Waals surface area (Å²) in [5.74, 6) is 1.13. The molecule has 0 spiro atoms. The van der Waals surface area contributed by atoms with Gasteiger partial charge >= 0.3 is 5.97 Å². The number of hydrogen-bond donors (Lipinski definition) is 2. The Labute approximate surface area is 218 Å². The summed E-state index contributed by atoms with van der Waals surface area (Å²) in [6.45, 7) is 4.47. The fourth-order valence-electron chi connectivity index (χ4n) is 4.15. The van der Waals surface area contributed by atoms with Gasteiger partial charge in [0, 0.05) is 23.6 Å². The molecule has 37 heavy (non-hydrogen) atoms. The Kier molecular flexibility index (Phi) is 9.95. The minimum absolute atomic E-state index is 0.0676. The van der Waals surface area contributed by atoms with Gasteiger partial charge in [0.2, 0.25) is 0 Å². The van der Waals surface area contributed by atoms with Crippen molar-refractivity contribution >= 4 is 11.9 Å². The number of methoxy groups -OCH3 is 2. The van der Waals surface area contributed by atoms with E-state index in [1.165, 1.54) is 0 Å². The number of hydrogen-bond acceptors (Lipinski definition) is 5. The van der Waals surface area contributed by atoms with Crippen molar-refractivity contribution in [1.82, 2.24) is 5.32 Å². The van der Waals surface area contributed by atoms with E-state index in [-0.39, 0.29) is 31.4 Å². The van der Waals surface area contributed by atoms with Crippen molar-refractivity contribution in [3.63, 3.8) is 0 Å². The lowest BCUT2D eigenvalue weighted by Gasteiger charge is -2.24. The molecule has 0 saturated carbocycles. The normalized spacial score (nSPS) is 11.6. The van der Waals surface area contributed by atoms with Crippen LogP contribution in [0.3, 0.4) is 0 Å². The van der Waals surface area contributed by atoms with Gasteiger partial charge in [0.15, 0.2) is 0 Å². The number of para-hydroxylation sites is 1. The monoisotopic (exact) mass is 505 g/mol. The molecule has 196 valence electrons. The van der Waals surface area contributed by atoms with Crippen LogP contribution in [0, 0.1) is 5.92 Å². The maximum Gasteiger partial charge on any atom is 0.303 e. The van der Waals surface area contributed by atoms with Gasteiger partial charge in [-0.15, -0.1) is 0 Å². The Morgan fingerprint density at radius 2 is 1.68 bits per heavy atom. The fourth-order valence-corrected chi connectivity index (χ4v) is 4.15. The van der Waals surface area contributed by atoms with E-state index in [0.717, 1.165) is 16.9 Å². The van der Waals surface area contributed by atoms with Crippen LogP contribution in [0.4, 0.5) is 0 Å². The molecule has 1 amide bonds. The zero-order valence-electron chi connectivity index (χ0n) is 21.8. The van der Waals surface area contributed by atoms with Crippen LogP contribution in [0.5, 0.6) is 17.2 Å². The molecule has 0 radical (unpaired) electrons. The van der Waals surface area contributed by atoms with Crippen molar-refractivity contribution in [1.29, 1.82) is 0 Å². The Morgan fingerprint density at radius 1 is 0.919 bits per heavy atom. The number of ether oxygens (including phenoxy) is 3. The van der Waals surface area contributed by atoms with Gasteiger partial charge in [-0.2, -0.15) is 0 Å². The van der Waals surface area contributed by atoms with Crippen molar-refractivity contribution in [2.24, 2.45) is 5.92 Å². The summed E-state index contributed by atoms with van der Waals surface area (Å²) in [6, 6.07) is 20.1. The lowest BCUT2D eigenvalue weighted by Crippen LogP contribution is -2.30. The SMILES string of the molecule is COc1ccc(C(CC(C)C)NC(=O)c2cc(COc3ccccc3)ccc2CCC(=O)O)c(OC)c1. The largest absolute Gasteiger partial charge is 0.497 e. The Hall–Kier alpha value is -4.00. The molecular weight excluding hydrogens is 470 g/mol. The number of carboxylic acids is 1. The number of amides is 1. The second-order valence-corrected chi connectivity index (χ2v) is 9.25. The third-order valence-corrected chi connectivity index (χ3v) is 6.00. The van der Waals surface area contributed by atoms with Crippen LogP contribution < -0.4 is 19.5 Å². The van der Waals surface area contributed by atoms with Crippen molar-refractivity contribution in [2.45, 2.75) is 45.8 Å². The lowest BCUT2D eigenvalue weighted by molar-refractivity contribution is -0.136. The maximum absolute atomic E-state index is 13.7. The van der Waals surface area contributed by atoms with E-state index >= 15 is 0 Å². The number of carboxylic acid groups (broad SMARTS) is 1. The van der Waals surface area contributed by atoms with Crippen LogP contribution in [0.15, 0.2) is 66.7 Å². The summed E-state index contributed by atoms with van der Waals surface area (Å²) in [4.78, 5) is 24.9. The smallest absolute Gasteiger partial charge is 0.303 e. The molecule has 3 aromatic rings. The van der Waals surface area contributed by atoms with Crippen LogP contribution in [-0.2, 0) is 17.8 Å². The van der Waals surface area contributed by atoms with Crippen LogP contribution in [0.25, 0.3) is 0 Å². The number of carbonyl (C=O) groups excluding carboxylic acids is 1. The zero-order chi connectivity index (χ0) is 26.8. The molecule has 0 aliphatic heterocycles. The molecule has 3 rings (SSSR count). The number of carbonyl (C=O) groups is 2. The van der Waals surface area contributed by atoms with Gasteiger partial charge < -0.3 is 24.6 Å². The minimum atomic E-state index is -0.913. The number of benzene rings is 3. The lowest BCUT2D eigenvalue weighted by atomic mass is 9.94. The predicted molar refractivity (Wildman–Crippen MR) is 142 cm³/mol. The molecule has 0 heterocycles. The number of aryl methyl sites for hydroxylation is 1. The van der Waals surface area contributed by atoms with Crippen molar-refractivity contribution in [3.8, 4) is 17.2 Å². The van der Waals surface area contributed by atoms with E-state index in [4.69, 9.17) is 14.2 Å². The highest BCUT2D eigenvalue weighted by Crippen LogP contribution is 2.33. The van der Waals surface area contributed by atoms with Gasteiger partial charge in [-0.1, -0.05) is 44.2 Å². The molecule has 0 fully saturated rings. The highest BCUT2D eigenvalue weighted by molar-refractivity contribution is 5.96. The third kappa shape index (κ3) is 8.00. The van der Waals surface area contributed by atoms with E-state index in [0.29, 0.717) is 35.0 Å². The molecule has 3 aromatic carbocycles. The van der Waals surface area contributed by atoms with Crippen LogP contribution in [0.2, 0.25) is 0 Å². The van der Waals surface area contributed by atoms with E-state index in [1.807, 2.05) is 54.6 Å². The first-order valence-electron chi connectivity index (χ1n) is 12.3. The number of aliphatic carboxylic acids is 1. The van der Waals surface area contributed by atoms with Crippen molar-refractivity contribution < 1.29 is 28.9 Å². The second kappa shape index (κ2) is 13.3. The first-order valence-corrected chi connectivity index (χ1v) is 12.3. The summed E-state index contributed by atoms with van der Waals surface area (Å²) in [6.07, 6.45) is 0.871. The van der Waals surface area contributed by atoms with E-state index in [9.17, 15) is 14.7 Å².